The summed E-state index contributed by atoms with van der Waals surface area (Å²) >= 11 is 0. The Balaban J connectivity index is 1.61. The van der Waals surface area contributed by atoms with E-state index in [9.17, 15) is 10.2 Å². The van der Waals surface area contributed by atoms with Crippen LogP contribution in [0.15, 0.2) is 11.1 Å². The summed E-state index contributed by atoms with van der Waals surface area (Å²) in [5.41, 5.74) is 3.84. The van der Waals surface area contributed by atoms with Crippen molar-refractivity contribution in [2.45, 2.75) is 125 Å². The fourth-order valence-corrected chi connectivity index (χ4v) is 9.33. The maximum absolute atomic E-state index is 11.4. The van der Waals surface area contributed by atoms with E-state index in [1.54, 1.807) is 11.1 Å². The van der Waals surface area contributed by atoms with Crippen LogP contribution in [0.5, 0.6) is 0 Å². The van der Waals surface area contributed by atoms with E-state index in [4.69, 9.17) is 0 Å². The zero-order chi connectivity index (χ0) is 22.8. The molecule has 2 fully saturated rings. The zero-order valence-electron chi connectivity index (χ0n) is 21.5. The predicted octanol–water partition coefficient (Wildman–Crippen LogP) is 7.14. The molecule has 0 saturated heterocycles. The van der Waals surface area contributed by atoms with E-state index in [0.717, 1.165) is 31.6 Å². The van der Waals surface area contributed by atoms with Crippen LogP contribution in [0.3, 0.4) is 0 Å². The molecule has 0 aromatic rings. The van der Waals surface area contributed by atoms with Crippen LogP contribution in [0.4, 0.5) is 0 Å². The van der Waals surface area contributed by atoms with E-state index >= 15 is 0 Å². The van der Waals surface area contributed by atoms with Crippen LogP contribution in [-0.4, -0.2) is 22.4 Å². The van der Waals surface area contributed by atoms with Crippen molar-refractivity contribution in [2.24, 2.45) is 45.8 Å². The molecule has 4 aliphatic carbocycles. The van der Waals surface area contributed by atoms with Gasteiger partial charge in [-0.2, -0.15) is 0 Å². The predicted molar refractivity (Wildman–Crippen MR) is 130 cm³/mol. The molecule has 2 nitrogen and oxygen atoms in total. The molecule has 0 spiro atoms. The number of aliphatic hydroxyl groups excluding tert-OH is 2. The highest BCUT2D eigenvalue weighted by atomic mass is 16.3. The minimum absolute atomic E-state index is 0.00592. The molecule has 31 heavy (non-hydrogen) atoms. The van der Waals surface area contributed by atoms with Gasteiger partial charge in [-0.15, -0.1) is 0 Å². The van der Waals surface area contributed by atoms with Gasteiger partial charge in [0, 0.05) is 5.92 Å². The van der Waals surface area contributed by atoms with Crippen molar-refractivity contribution >= 4 is 0 Å². The van der Waals surface area contributed by atoms with E-state index in [1.807, 2.05) is 0 Å². The summed E-state index contributed by atoms with van der Waals surface area (Å²) in [6.45, 7) is 16.8. The average Bonchev–Trinajstić information content (AvgIpc) is 2.96. The molecule has 178 valence electrons. The highest BCUT2D eigenvalue weighted by molar-refractivity contribution is 5.36. The summed E-state index contributed by atoms with van der Waals surface area (Å²) in [5.74, 6) is 3.10. The first-order valence-electron chi connectivity index (χ1n) is 13.5. The number of allylic oxidation sites excluding steroid dienone is 1. The topological polar surface area (TPSA) is 40.5 Å². The molecule has 0 unspecified atom stereocenters. The van der Waals surface area contributed by atoms with Gasteiger partial charge in [0.1, 0.15) is 0 Å². The Hall–Kier alpha value is -0.340. The summed E-state index contributed by atoms with van der Waals surface area (Å²) in [4.78, 5) is 0. The summed E-state index contributed by atoms with van der Waals surface area (Å²) in [5, 5.41) is 22.2. The van der Waals surface area contributed by atoms with Crippen LogP contribution in [0.1, 0.15) is 113 Å². The van der Waals surface area contributed by atoms with Crippen molar-refractivity contribution in [2.75, 3.05) is 0 Å². The lowest BCUT2D eigenvalue weighted by molar-refractivity contribution is -0.0941. The van der Waals surface area contributed by atoms with Crippen molar-refractivity contribution in [1.29, 1.82) is 0 Å². The SMILES string of the molecule is CC(C)CCC[C@@H](C)[C@H]1C[C@@H](O)[C@@H]2C3=C(CC[C@]12C)[C@@]1(C)CC[C@H](O)C(C)(C)[C@@H]1CC3. The van der Waals surface area contributed by atoms with Gasteiger partial charge < -0.3 is 10.2 Å². The molecule has 2 heteroatoms. The Morgan fingerprint density at radius 2 is 1.65 bits per heavy atom. The minimum atomic E-state index is -0.172. The van der Waals surface area contributed by atoms with E-state index in [0.29, 0.717) is 23.7 Å². The molecule has 0 aliphatic heterocycles. The van der Waals surface area contributed by atoms with E-state index in [-0.39, 0.29) is 28.5 Å². The molecule has 0 amide bonds. The molecule has 4 aliphatic rings. The van der Waals surface area contributed by atoms with Crippen LogP contribution in [0.2, 0.25) is 0 Å². The number of rotatable bonds is 5. The van der Waals surface area contributed by atoms with E-state index in [2.05, 4.69) is 48.5 Å². The number of hydrogen-bond acceptors (Lipinski definition) is 2. The molecule has 0 aromatic heterocycles. The third-order valence-electron chi connectivity index (χ3n) is 11.1. The second-order valence-electron chi connectivity index (χ2n) is 13.6. The van der Waals surface area contributed by atoms with Gasteiger partial charge in [-0.25, -0.2) is 0 Å². The summed E-state index contributed by atoms with van der Waals surface area (Å²) in [6, 6.07) is 0. The van der Waals surface area contributed by atoms with E-state index in [1.165, 1.54) is 38.5 Å². The van der Waals surface area contributed by atoms with Crippen LogP contribution >= 0.6 is 0 Å². The van der Waals surface area contributed by atoms with Crippen molar-refractivity contribution in [3.05, 3.63) is 11.1 Å². The lowest BCUT2D eigenvalue weighted by Crippen LogP contribution is -2.54. The van der Waals surface area contributed by atoms with Crippen LogP contribution in [0.25, 0.3) is 0 Å². The first-order chi connectivity index (χ1) is 14.4. The molecule has 2 saturated carbocycles. The van der Waals surface area contributed by atoms with Crippen molar-refractivity contribution in [1.82, 2.24) is 0 Å². The monoisotopic (exact) mass is 430 g/mol. The molecule has 4 rings (SSSR count). The van der Waals surface area contributed by atoms with Gasteiger partial charge in [0.05, 0.1) is 12.2 Å². The molecular weight excluding hydrogens is 380 g/mol. The smallest absolute Gasteiger partial charge is 0.0613 e. The standard InChI is InChI=1S/C29H50O2/c1-18(2)9-8-10-19(3)22-17-23(30)26-20-11-12-24-27(4,5)25(31)14-16-28(24,6)21(20)13-15-29(22,26)7/h18-19,22-26,30-31H,8-17H2,1-7H3/t19-,22-,23-,24+,25+,26+,28-,29-/m1/s1. The highest BCUT2D eigenvalue weighted by Crippen LogP contribution is 2.68. The molecule has 0 aromatic carbocycles. The normalized spacial score (nSPS) is 45.3. The fraction of sp³-hybridized carbons (Fsp3) is 0.931. The van der Waals surface area contributed by atoms with Gasteiger partial charge in [0.15, 0.2) is 0 Å². The van der Waals surface area contributed by atoms with E-state index < -0.39 is 0 Å². The zero-order valence-corrected chi connectivity index (χ0v) is 21.5. The Bertz CT molecular complexity index is 706. The lowest BCUT2D eigenvalue weighted by Gasteiger charge is -2.60. The van der Waals surface area contributed by atoms with Gasteiger partial charge in [0.2, 0.25) is 0 Å². The third-order valence-corrected chi connectivity index (χ3v) is 11.1. The molecular formula is C29H50O2. The summed E-state index contributed by atoms with van der Waals surface area (Å²) in [7, 11) is 0. The average molecular weight is 431 g/mol. The minimum Gasteiger partial charge on any atom is -0.393 e. The number of hydrogen-bond donors (Lipinski definition) is 2. The van der Waals surface area contributed by atoms with Gasteiger partial charge in [0.25, 0.3) is 0 Å². The third kappa shape index (κ3) is 3.67. The summed E-state index contributed by atoms with van der Waals surface area (Å²) in [6.07, 6.45) is 11.5. The van der Waals surface area contributed by atoms with Gasteiger partial charge in [-0.05, 0) is 84.9 Å². The summed E-state index contributed by atoms with van der Waals surface area (Å²) < 4.78 is 0. The molecule has 2 N–H and O–H groups in total. The molecule has 0 heterocycles. The van der Waals surface area contributed by atoms with Crippen molar-refractivity contribution < 1.29 is 10.2 Å². The second kappa shape index (κ2) is 8.15. The van der Waals surface area contributed by atoms with Crippen LogP contribution < -0.4 is 0 Å². The first kappa shape index (κ1) is 23.8. The largest absolute Gasteiger partial charge is 0.393 e. The lowest BCUT2D eigenvalue weighted by atomic mass is 9.45. The Morgan fingerprint density at radius 3 is 2.32 bits per heavy atom. The van der Waals surface area contributed by atoms with Gasteiger partial charge in [-0.3, -0.25) is 0 Å². The first-order valence-corrected chi connectivity index (χ1v) is 13.5. The fourth-order valence-electron chi connectivity index (χ4n) is 9.33. The number of fused-ring (bicyclic) bond motifs is 4. The quantitative estimate of drug-likeness (QED) is 0.455. The number of aliphatic hydroxyl groups is 2. The Kier molecular flexibility index (Phi) is 6.26. The molecule has 0 bridgehead atoms. The van der Waals surface area contributed by atoms with Gasteiger partial charge >= 0.3 is 0 Å². The maximum atomic E-state index is 11.4. The van der Waals surface area contributed by atoms with Crippen molar-refractivity contribution in [3.63, 3.8) is 0 Å². The second-order valence-corrected chi connectivity index (χ2v) is 13.6. The van der Waals surface area contributed by atoms with Crippen LogP contribution in [0, 0.1) is 45.8 Å². The van der Waals surface area contributed by atoms with Gasteiger partial charge in [-0.1, -0.05) is 78.9 Å². The van der Waals surface area contributed by atoms with Crippen LogP contribution in [-0.2, 0) is 0 Å². The Labute approximate surface area is 192 Å². The highest BCUT2D eigenvalue weighted by Gasteiger charge is 2.61. The molecule has 0 radical (unpaired) electrons. The molecule has 8 atom stereocenters. The maximum Gasteiger partial charge on any atom is 0.0613 e. The van der Waals surface area contributed by atoms with Crippen molar-refractivity contribution in [3.8, 4) is 0 Å². The Morgan fingerprint density at radius 1 is 0.935 bits per heavy atom.